The molecule has 1 aliphatic heterocycles. The number of hydrogen-bond acceptors (Lipinski definition) is 6. The Balaban J connectivity index is 1.35. The standard InChI is InChI=1S/C23H21F2N5O3/c24-19(25)22-29-28-21(33-22)13-8-9-14-12-30(23(32)15(14)11-13)18-7-2-1-5-16(18)27-20(31)17-6-3-4-10-26-17/h3-4,6,8-11,16,18-19H,1-2,5,7,12H2,(H,27,31)/t16-,18-/m1/s1. The topological polar surface area (TPSA) is 101 Å². The number of aromatic nitrogens is 3. The summed E-state index contributed by atoms with van der Waals surface area (Å²) in [7, 11) is 0. The van der Waals surface area contributed by atoms with E-state index in [9.17, 15) is 18.4 Å². The highest BCUT2D eigenvalue weighted by Gasteiger charge is 2.39. The van der Waals surface area contributed by atoms with Gasteiger partial charge in [0.05, 0.1) is 6.04 Å². The SMILES string of the molecule is O=C(N[C@@H]1CCCC[C@H]1N1Cc2ccc(-c3nnc(C(F)F)o3)cc2C1=O)c1ccccn1. The van der Waals surface area contributed by atoms with Crippen molar-refractivity contribution in [1.29, 1.82) is 0 Å². The average Bonchev–Trinajstić information content (AvgIpc) is 3.45. The quantitative estimate of drug-likeness (QED) is 0.631. The van der Waals surface area contributed by atoms with Crippen molar-refractivity contribution >= 4 is 11.8 Å². The molecule has 2 atom stereocenters. The van der Waals surface area contributed by atoms with E-state index in [1.165, 1.54) is 0 Å². The average molecular weight is 453 g/mol. The van der Waals surface area contributed by atoms with Gasteiger partial charge in [0.2, 0.25) is 5.89 Å². The van der Waals surface area contributed by atoms with Crippen molar-refractivity contribution in [3.8, 4) is 11.5 Å². The number of nitrogens with zero attached hydrogens (tertiary/aromatic N) is 4. The molecule has 3 aromatic rings. The van der Waals surface area contributed by atoms with E-state index < -0.39 is 12.3 Å². The van der Waals surface area contributed by atoms with Crippen LogP contribution in [0.15, 0.2) is 47.0 Å². The first kappa shape index (κ1) is 21.2. The van der Waals surface area contributed by atoms with Gasteiger partial charge in [-0.15, -0.1) is 10.2 Å². The molecular formula is C23H21F2N5O3. The Hall–Kier alpha value is -3.69. The molecule has 0 unspecified atom stereocenters. The van der Waals surface area contributed by atoms with E-state index in [2.05, 4.69) is 20.5 Å². The molecule has 0 saturated heterocycles. The van der Waals surface area contributed by atoms with Gasteiger partial charge in [0.15, 0.2) is 0 Å². The minimum Gasteiger partial charge on any atom is -0.415 e. The molecule has 2 aromatic heterocycles. The highest BCUT2D eigenvalue weighted by molar-refractivity contribution is 5.99. The van der Waals surface area contributed by atoms with Crippen molar-refractivity contribution in [2.24, 2.45) is 0 Å². The van der Waals surface area contributed by atoms with E-state index in [-0.39, 0.29) is 29.8 Å². The molecule has 3 heterocycles. The Labute approximate surface area is 188 Å². The van der Waals surface area contributed by atoms with Crippen LogP contribution in [-0.4, -0.2) is 44.0 Å². The second kappa shape index (κ2) is 8.68. The number of carbonyl (C=O) groups is 2. The van der Waals surface area contributed by atoms with Crippen LogP contribution < -0.4 is 5.32 Å². The lowest BCUT2D eigenvalue weighted by Gasteiger charge is -2.38. The zero-order chi connectivity index (χ0) is 22.9. The fourth-order valence-electron chi connectivity index (χ4n) is 4.56. The highest BCUT2D eigenvalue weighted by atomic mass is 19.3. The number of halogens is 2. The predicted molar refractivity (Wildman–Crippen MR) is 112 cm³/mol. The van der Waals surface area contributed by atoms with Crippen molar-refractivity contribution in [2.75, 3.05) is 0 Å². The highest BCUT2D eigenvalue weighted by Crippen LogP contribution is 2.34. The first-order valence-corrected chi connectivity index (χ1v) is 10.8. The van der Waals surface area contributed by atoms with Gasteiger partial charge in [0.25, 0.3) is 17.7 Å². The van der Waals surface area contributed by atoms with Crippen LogP contribution in [0.5, 0.6) is 0 Å². The summed E-state index contributed by atoms with van der Waals surface area (Å²) in [5.74, 6) is -1.24. The van der Waals surface area contributed by atoms with Crippen LogP contribution in [-0.2, 0) is 6.54 Å². The Morgan fingerprint density at radius 3 is 2.76 bits per heavy atom. The van der Waals surface area contributed by atoms with E-state index in [0.29, 0.717) is 23.4 Å². The molecule has 2 aliphatic rings. The third-order valence-corrected chi connectivity index (χ3v) is 6.16. The van der Waals surface area contributed by atoms with Gasteiger partial charge < -0.3 is 14.6 Å². The number of alkyl halides is 2. The Morgan fingerprint density at radius 2 is 2.00 bits per heavy atom. The number of benzene rings is 1. The Kier molecular flexibility index (Phi) is 5.57. The van der Waals surface area contributed by atoms with Gasteiger partial charge in [-0.2, -0.15) is 8.78 Å². The van der Waals surface area contributed by atoms with E-state index in [1.807, 2.05) is 0 Å². The maximum atomic E-state index is 13.3. The van der Waals surface area contributed by atoms with Gasteiger partial charge in [-0.1, -0.05) is 25.0 Å². The molecule has 0 bridgehead atoms. The van der Waals surface area contributed by atoms with Gasteiger partial charge in [-0.3, -0.25) is 14.6 Å². The largest absolute Gasteiger partial charge is 0.415 e. The minimum absolute atomic E-state index is 0.0579. The third kappa shape index (κ3) is 4.08. The van der Waals surface area contributed by atoms with Gasteiger partial charge in [-0.05, 0) is 42.7 Å². The summed E-state index contributed by atoms with van der Waals surface area (Å²) in [6.45, 7) is 0.418. The molecule has 1 saturated carbocycles. The minimum atomic E-state index is -2.86. The zero-order valence-corrected chi connectivity index (χ0v) is 17.6. The first-order chi connectivity index (χ1) is 16.0. The monoisotopic (exact) mass is 453 g/mol. The predicted octanol–water partition coefficient (Wildman–Crippen LogP) is 3.77. The van der Waals surface area contributed by atoms with Crippen molar-refractivity contribution < 1.29 is 22.8 Å². The van der Waals surface area contributed by atoms with E-state index in [0.717, 1.165) is 31.2 Å². The van der Waals surface area contributed by atoms with Crippen LogP contribution in [0.25, 0.3) is 11.5 Å². The fraction of sp³-hybridized carbons (Fsp3) is 0.348. The number of rotatable bonds is 5. The summed E-state index contributed by atoms with van der Waals surface area (Å²) < 4.78 is 30.6. The Morgan fingerprint density at radius 1 is 1.15 bits per heavy atom. The summed E-state index contributed by atoms with van der Waals surface area (Å²) >= 11 is 0. The summed E-state index contributed by atoms with van der Waals surface area (Å²) in [5, 5.41) is 10.1. The molecule has 1 aromatic carbocycles. The second-order valence-corrected chi connectivity index (χ2v) is 8.20. The number of fused-ring (bicyclic) bond motifs is 1. The van der Waals surface area contributed by atoms with Crippen LogP contribution in [0.2, 0.25) is 0 Å². The summed E-state index contributed by atoms with van der Waals surface area (Å²) in [6, 6.07) is 9.88. The molecule has 170 valence electrons. The normalized spacial score (nSPS) is 20.2. The lowest BCUT2D eigenvalue weighted by atomic mass is 9.89. The molecule has 1 N–H and O–H groups in total. The molecule has 10 heteroatoms. The van der Waals surface area contributed by atoms with Crippen LogP contribution in [0.4, 0.5) is 8.78 Å². The van der Waals surface area contributed by atoms with Crippen LogP contribution in [0, 0.1) is 0 Å². The first-order valence-electron chi connectivity index (χ1n) is 10.8. The lowest BCUT2D eigenvalue weighted by Crippen LogP contribution is -2.53. The maximum Gasteiger partial charge on any atom is 0.314 e. The summed E-state index contributed by atoms with van der Waals surface area (Å²) in [5.41, 5.74) is 2.06. The molecule has 1 aliphatic carbocycles. The van der Waals surface area contributed by atoms with Crippen LogP contribution in [0.3, 0.4) is 0 Å². The van der Waals surface area contributed by atoms with E-state index >= 15 is 0 Å². The van der Waals surface area contributed by atoms with E-state index in [4.69, 9.17) is 4.42 Å². The van der Waals surface area contributed by atoms with Gasteiger partial charge in [0, 0.05) is 29.9 Å². The smallest absolute Gasteiger partial charge is 0.314 e. The summed E-state index contributed by atoms with van der Waals surface area (Å²) in [6.07, 6.45) is 2.19. The fourth-order valence-corrected chi connectivity index (χ4v) is 4.56. The number of pyridine rings is 1. The van der Waals surface area contributed by atoms with Gasteiger partial charge in [-0.25, -0.2) is 0 Å². The molecular weight excluding hydrogens is 432 g/mol. The molecule has 2 amide bonds. The number of hydrogen-bond donors (Lipinski definition) is 1. The van der Waals surface area contributed by atoms with Crippen LogP contribution in [0.1, 0.15) is 64.4 Å². The van der Waals surface area contributed by atoms with Crippen molar-refractivity contribution in [3.63, 3.8) is 0 Å². The molecule has 0 spiro atoms. The summed E-state index contributed by atoms with van der Waals surface area (Å²) in [4.78, 5) is 31.9. The van der Waals surface area contributed by atoms with Gasteiger partial charge in [0.1, 0.15) is 5.69 Å². The number of carbonyl (C=O) groups excluding carboxylic acids is 2. The third-order valence-electron chi connectivity index (χ3n) is 6.16. The van der Waals surface area contributed by atoms with E-state index in [1.54, 1.807) is 47.5 Å². The lowest BCUT2D eigenvalue weighted by molar-refractivity contribution is 0.0581. The number of amides is 2. The molecule has 0 radical (unpaired) electrons. The zero-order valence-electron chi connectivity index (χ0n) is 17.6. The van der Waals surface area contributed by atoms with Crippen molar-refractivity contribution in [1.82, 2.24) is 25.4 Å². The molecule has 33 heavy (non-hydrogen) atoms. The molecule has 5 rings (SSSR count). The number of nitrogens with one attached hydrogen (secondary N) is 1. The maximum absolute atomic E-state index is 13.3. The molecule has 8 nitrogen and oxygen atoms in total. The van der Waals surface area contributed by atoms with Gasteiger partial charge >= 0.3 is 6.43 Å². The van der Waals surface area contributed by atoms with Crippen molar-refractivity contribution in [3.05, 3.63) is 65.3 Å². The second-order valence-electron chi connectivity index (χ2n) is 8.20. The Bertz CT molecular complexity index is 1180. The molecule has 1 fully saturated rings. The van der Waals surface area contributed by atoms with Crippen LogP contribution >= 0.6 is 0 Å². The van der Waals surface area contributed by atoms with Crippen molar-refractivity contribution in [2.45, 2.75) is 50.7 Å².